The zero-order valence-corrected chi connectivity index (χ0v) is 7.90. The normalized spacial score (nSPS) is 23.3. The number of aldehydes is 1. The molecule has 0 aromatic rings. The first-order valence-corrected chi connectivity index (χ1v) is 4.47. The summed E-state index contributed by atoms with van der Waals surface area (Å²) in [5.41, 5.74) is 0. The molecule has 0 saturated heterocycles. The minimum Gasteiger partial charge on any atom is -0.455 e. The number of hydrogen-bond acceptors (Lipinski definition) is 3. The maximum atomic E-state index is 10.8. The molecular formula is C10H14O3. The van der Waals surface area contributed by atoms with E-state index in [2.05, 4.69) is 0 Å². The van der Waals surface area contributed by atoms with E-state index < -0.39 is 0 Å². The Morgan fingerprint density at radius 1 is 1.62 bits per heavy atom. The Kier molecular flexibility index (Phi) is 3.23. The molecule has 2 atom stereocenters. The summed E-state index contributed by atoms with van der Waals surface area (Å²) >= 11 is 0. The third kappa shape index (κ3) is 2.41. The van der Waals surface area contributed by atoms with Gasteiger partial charge in [0.2, 0.25) is 0 Å². The lowest BCUT2D eigenvalue weighted by molar-refractivity contribution is -0.141. The van der Waals surface area contributed by atoms with Crippen molar-refractivity contribution in [1.29, 1.82) is 0 Å². The lowest BCUT2D eigenvalue weighted by Gasteiger charge is -2.22. The van der Waals surface area contributed by atoms with E-state index in [1.807, 2.05) is 13.8 Å². The lowest BCUT2D eigenvalue weighted by atomic mass is 9.88. The van der Waals surface area contributed by atoms with Crippen molar-refractivity contribution in [3.8, 4) is 0 Å². The van der Waals surface area contributed by atoms with Crippen LogP contribution in [0, 0.1) is 11.8 Å². The Bertz CT molecular complexity index is 230. The van der Waals surface area contributed by atoms with Crippen LogP contribution < -0.4 is 0 Å². The molecule has 3 nitrogen and oxygen atoms in total. The summed E-state index contributed by atoms with van der Waals surface area (Å²) in [6.07, 6.45) is 4.27. The summed E-state index contributed by atoms with van der Waals surface area (Å²) < 4.78 is 5.03. The van der Waals surface area contributed by atoms with Gasteiger partial charge in [0.1, 0.15) is 12.4 Å². The highest BCUT2D eigenvalue weighted by molar-refractivity contribution is 5.84. The fraction of sp³-hybridized carbons (Fsp3) is 0.600. The monoisotopic (exact) mass is 182 g/mol. The van der Waals surface area contributed by atoms with E-state index >= 15 is 0 Å². The van der Waals surface area contributed by atoms with E-state index in [1.165, 1.54) is 6.08 Å². The van der Waals surface area contributed by atoms with Gasteiger partial charge in [-0.15, -0.1) is 0 Å². The summed E-state index contributed by atoms with van der Waals surface area (Å²) in [5.74, 6) is 0.146. The SMILES string of the molecule is CC(C)[C@H](CC=O)C1C=CC(=O)O1. The summed E-state index contributed by atoms with van der Waals surface area (Å²) in [6.45, 7) is 4.04. The van der Waals surface area contributed by atoms with Gasteiger partial charge in [0, 0.05) is 18.4 Å². The largest absolute Gasteiger partial charge is 0.455 e. The zero-order valence-electron chi connectivity index (χ0n) is 7.90. The Morgan fingerprint density at radius 3 is 2.69 bits per heavy atom. The predicted octanol–water partition coefficient (Wildman–Crippen LogP) is 1.33. The molecule has 1 aliphatic heterocycles. The minimum absolute atomic E-state index is 0.111. The molecule has 0 spiro atoms. The molecule has 3 heteroatoms. The number of ether oxygens (including phenoxy) is 1. The smallest absolute Gasteiger partial charge is 0.331 e. The molecule has 0 saturated carbocycles. The summed E-state index contributed by atoms with van der Waals surface area (Å²) in [7, 11) is 0. The summed E-state index contributed by atoms with van der Waals surface area (Å²) in [4.78, 5) is 21.2. The van der Waals surface area contributed by atoms with Gasteiger partial charge in [0.05, 0.1) is 0 Å². The standard InChI is InChI=1S/C10H14O3/c1-7(2)8(5-6-11)9-3-4-10(12)13-9/h3-4,6-9H,5H2,1-2H3/t8-,9?/m0/s1. The van der Waals surface area contributed by atoms with Gasteiger partial charge in [-0.1, -0.05) is 13.8 Å². The fourth-order valence-electron chi connectivity index (χ4n) is 1.51. The molecule has 1 rings (SSSR count). The highest BCUT2D eigenvalue weighted by atomic mass is 16.5. The van der Waals surface area contributed by atoms with Gasteiger partial charge in [0.25, 0.3) is 0 Å². The first-order chi connectivity index (χ1) is 6.15. The second-order valence-electron chi connectivity index (χ2n) is 3.57. The van der Waals surface area contributed by atoms with Crippen LogP contribution in [0.3, 0.4) is 0 Å². The molecule has 0 aromatic heterocycles. The molecule has 0 bridgehead atoms. The predicted molar refractivity (Wildman–Crippen MR) is 48.0 cm³/mol. The molecule has 0 N–H and O–H groups in total. The molecule has 1 heterocycles. The van der Waals surface area contributed by atoms with Crippen molar-refractivity contribution in [1.82, 2.24) is 0 Å². The minimum atomic E-state index is -0.304. The van der Waals surface area contributed by atoms with Crippen molar-refractivity contribution in [2.24, 2.45) is 11.8 Å². The zero-order chi connectivity index (χ0) is 9.84. The molecule has 1 unspecified atom stereocenters. The van der Waals surface area contributed by atoms with Crippen LogP contribution in [-0.4, -0.2) is 18.4 Å². The Hall–Kier alpha value is -1.12. The van der Waals surface area contributed by atoms with Gasteiger partial charge in [-0.25, -0.2) is 4.79 Å². The Morgan fingerprint density at radius 2 is 2.31 bits per heavy atom. The van der Waals surface area contributed by atoms with Crippen molar-refractivity contribution in [3.05, 3.63) is 12.2 Å². The lowest BCUT2D eigenvalue weighted by Crippen LogP contribution is -2.25. The van der Waals surface area contributed by atoms with Crippen molar-refractivity contribution in [2.45, 2.75) is 26.4 Å². The molecule has 0 amide bonds. The number of rotatable bonds is 4. The maximum absolute atomic E-state index is 10.8. The molecule has 0 fully saturated rings. The van der Waals surface area contributed by atoms with Crippen LogP contribution in [-0.2, 0) is 14.3 Å². The Labute approximate surface area is 77.8 Å². The molecule has 0 aliphatic carbocycles. The quantitative estimate of drug-likeness (QED) is 0.486. The molecule has 1 aliphatic rings. The Balaban J connectivity index is 2.60. The van der Waals surface area contributed by atoms with Gasteiger partial charge in [-0.2, -0.15) is 0 Å². The van der Waals surface area contributed by atoms with E-state index in [0.29, 0.717) is 12.3 Å². The van der Waals surface area contributed by atoms with E-state index in [9.17, 15) is 9.59 Å². The van der Waals surface area contributed by atoms with Gasteiger partial charge < -0.3 is 9.53 Å². The first-order valence-electron chi connectivity index (χ1n) is 4.47. The number of esters is 1. The first kappa shape index (κ1) is 9.96. The maximum Gasteiger partial charge on any atom is 0.331 e. The van der Waals surface area contributed by atoms with Crippen molar-refractivity contribution in [3.63, 3.8) is 0 Å². The van der Waals surface area contributed by atoms with E-state index in [4.69, 9.17) is 4.74 Å². The van der Waals surface area contributed by atoms with Crippen LogP contribution in [0.1, 0.15) is 20.3 Å². The molecule has 0 radical (unpaired) electrons. The molecule has 0 aromatic carbocycles. The number of carbonyl (C=O) groups excluding carboxylic acids is 2. The highest BCUT2D eigenvalue weighted by Gasteiger charge is 2.28. The van der Waals surface area contributed by atoms with E-state index in [1.54, 1.807) is 6.08 Å². The summed E-state index contributed by atoms with van der Waals surface area (Å²) in [6, 6.07) is 0. The molecule has 72 valence electrons. The number of hydrogen-bond donors (Lipinski definition) is 0. The average Bonchev–Trinajstić information content (AvgIpc) is 2.46. The van der Waals surface area contributed by atoms with Crippen LogP contribution in [0.5, 0.6) is 0 Å². The van der Waals surface area contributed by atoms with Crippen molar-refractivity contribution < 1.29 is 14.3 Å². The average molecular weight is 182 g/mol. The van der Waals surface area contributed by atoms with Gasteiger partial charge in [-0.05, 0) is 12.0 Å². The van der Waals surface area contributed by atoms with Gasteiger partial charge >= 0.3 is 5.97 Å². The second kappa shape index (κ2) is 4.21. The summed E-state index contributed by atoms with van der Waals surface area (Å²) in [5, 5.41) is 0. The van der Waals surface area contributed by atoms with Crippen LogP contribution in [0.4, 0.5) is 0 Å². The van der Waals surface area contributed by atoms with Gasteiger partial charge in [0.15, 0.2) is 0 Å². The fourth-order valence-corrected chi connectivity index (χ4v) is 1.51. The number of carbonyl (C=O) groups is 2. The number of cyclic esters (lactones) is 1. The highest BCUT2D eigenvalue weighted by Crippen LogP contribution is 2.24. The van der Waals surface area contributed by atoms with Crippen molar-refractivity contribution in [2.75, 3.05) is 0 Å². The van der Waals surface area contributed by atoms with Crippen LogP contribution >= 0.6 is 0 Å². The van der Waals surface area contributed by atoms with Crippen LogP contribution in [0.2, 0.25) is 0 Å². The van der Waals surface area contributed by atoms with Gasteiger partial charge in [-0.3, -0.25) is 0 Å². The second-order valence-corrected chi connectivity index (χ2v) is 3.57. The van der Waals surface area contributed by atoms with Crippen molar-refractivity contribution >= 4 is 12.3 Å². The molecule has 13 heavy (non-hydrogen) atoms. The topological polar surface area (TPSA) is 43.4 Å². The third-order valence-corrected chi connectivity index (χ3v) is 2.32. The van der Waals surface area contributed by atoms with Crippen LogP contribution in [0.25, 0.3) is 0 Å². The molecular weight excluding hydrogens is 168 g/mol. The van der Waals surface area contributed by atoms with Crippen LogP contribution in [0.15, 0.2) is 12.2 Å². The van der Waals surface area contributed by atoms with E-state index in [0.717, 1.165) is 6.29 Å². The third-order valence-electron chi connectivity index (χ3n) is 2.32. The van der Waals surface area contributed by atoms with E-state index in [-0.39, 0.29) is 18.0 Å².